The summed E-state index contributed by atoms with van der Waals surface area (Å²) in [5.74, 6) is 0.439. The van der Waals surface area contributed by atoms with Crippen LogP contribution in [0.25, 0.3) is 0 Å². The number of hydrogen-bond acceptors (Lipinski definition) is 4. The number of nitro benzene ring substituents is 1. The monoisotopic (exact) mass is 223 g/mol. The molecule has 5 nitrogen and oxygen atoms in total. The van der Waals surface area contributed by atoms with Crippen molar-refractivity contribution in [3.63, 3.8) is 0 Å². The summed E-state index contributed by atoms with van der Waals surface area (Å²) in [5.41, 5.74) is 6.85. The largest absolute Gasteiger partial charge is 0.379 e. The van der Waals surface area contributed by atoms with Crippen LogP contribution >= 0.6 is 0 Å². The van der Waals surface area contributed by atoms with E-state index in [2.05, 4.69) is 5.32 Å². The summed E-state index contributed by atoms with van der Waals surface area (Å²) in [6.45, 7) is 5.12. The number of hydrogen-bond donors (Lipinski definition) is 2. The van der Waals surface area contributed by atoms with E-state index in [1.165, 1.54) is 6.07 Å². The molecular weight excluding hydrogens is 206 g/mol. The lowest BCUT2D eigenvalue weighted by Crippen LogP contribution is -2.10. The van der Waals surface area contributed by atoms with Gasteiger partial charge in [0.15, 0.2) is 0 Å². The van der Waals surface area contributed by atoms with Crippen LogP contribution in [0, 0.1) is 16.0 Å². The van der Waals surface area contributed by atoms with E-state index in [9.17, 15) is 10.1 Å². The molecule has 0 saturated carbocycles. The second-order valence-corrected chi connectivity index (χ2v) is 4.09. The van der Waals surface area contributed by atoms with Crippen molar-refractivity contribution >= 4 is 11.4 Å². The molecule has 0 bridgehead atoms. The van der Waals surface area contributed by atoms with E-state index in [4.69, 9.17) is 5.73 Å². The van der Waals surface area contributed by atoms with Gasteiger partial charge in [0.25, 0.3) is 5.69 Å². The molecule has 88 valence electrons. The van der Waals surface area contributed by atoms with Crippen molar-refractivity contribution in [2.45, 2.75) is 20.4 Å². The Bertz CT molecular complexity index is 377. The molecule has 3 N–H and O–H groups in total. The maximum Gasteiger partial charge on any atom is 0.292 e. The van der Waals surface area contributed by atoms with E-state index in [0.717, 1.165) is 5.56 Å². The van der Waals surface area contributed by atoms with E-state index in [1.807, 2.05) is 13.8 Å². The quantitative estimate of drug-likeness (QED) is 0.591. The van der Waals surface area contributed by atoms with E-state index < -0.39 is 0 Å². The molecule has 0 aromatic heterocycles. The summed E-state index contributed by atoms with van der Waals surface area (Å²) >= 11 is 0. The highest BCUT2D eigenvalue weighted by Crippen LogP contribution is 2.25. The van der Waals surface area contributed by atoms with Crippen LogP contribution in [0.1, 0.15) is 19.4 Å². The molecule has 0 spiro atoms. The maximum atomic E-state index is 10.9. The normalized spacial score (nSPS) is 10.5. The zero-order chi connectivity index (χ0) is 12.1. The Kier molecular flexibility index (Phi) is 4.25. The molecule has 1 aromatic rings. The molecule has 0 radical (unpaired) electrons. The molecule has 0 unspecified atom stereocenters. The highest BCUT2D eigenvalue weighted by molar-refractivity contribution is 5.62. The van der Waals surface area contributed by atoms with Gasteiger partial charge in [0.05, 0.1) is 4.92 Å². The molecule has 0 aliphatic rings. The fourth-order valence-electron chi connectivity index (χ4n) is 1.32. The van der Waals surface area contributed by atoms with Gasteiger partial charge in [0.1, 0.15) is 5.69 Å². The number of nitro groups is 1. The van der Waals surface area contributed by atoms with Crippen LogP contribution < -0.4 is 11.1 Å². The van der Waals surface area contributed by atoms with Crippen molar-refractivity contribution in [3.05, 3.63) is 33.9 Å². The number of nitrogens with one attached hydrogen (secondary N) is 1. The third-order valence-corrected chi connectivity index (χ3v) is 2.20. The Morgan fingerprint density at radius 1 is 1.50 bits per heavy atom. The average Bonchev–Trinajstić information content (AvgIpc) is 2.25. The van der Waals surface area contributed by atoms with Gasteiger partial charge in [-0.15, -0.1) is 0 Å². The van der Waals surface area contributed by atoms with Crippen LogP contribution in [-0.2, 0) is 6.54 Å². The fraction of sp³-hybridized carbons (Fsp3) is 0.455. The number of anilines is 1. The Morgan fingerprint density at radius 2 is 2.19 bits per heavy atom. The lowest BCUT2D eigenvalue weighted by atomic mass is 10.1. The van der Waals surface area contributed by atoms with Crippen LogP contribution in [-0.4, -0.2) is 11.5 Å². The van der Waals surface area contributed by atoms with Crippen molar-refractivity contribution < 1.29 is 4.92 Å². The fourth-order valence-corrected chi connectivity index (χ4v) is 1.32. The molecule has 0 fully saturated rings. The lowest BCUT2D eigenvalue weighted by molar-refractivity contribution is -0.384. The summed E-state index contributed by atoms with van der Waals surface area (Å²) in [5, 5.41) is 13.9. The third kappa shape index (κ3) is 3.20. The summed E-state index contributed by atoms with van der Waals surface area (Å²) in [7, 11) is 0. The molecule has 0 aliphatic carbocycles. The second kappa shape index (κ2) is 5.46. The number of nitrogens with two attached hydrogens (primary N) is 1. The standard InChI is InChI=1S/C11H17N3O2/c1-8(2)7-13-10-4-3-9(6-12)5-11(10)14(15)16/h3-5,8,13H,6-7,12H2,1-2H3. The molecule has 0 amide bonds. The minimum atomic E-state index is -0.387. The predicted molar refractivity (Wildman–Crippen MR) is 64.3 cm³/mol. The van der Waals surface area contributed by atoms with Crippen molar-refractivity contribution in [2.75, 3.05) is 11.9 Å². The van der Waals surface area contributed by atoms with Crippen molar-refractivity contribution in [2.24, 2.45) is 11.7 Å². The lowest BCUT2D eigenvalue weighted by Gasteiger charge is -2.10. The van der Waals surface area contributed by atoms with E-state index in [-0.39, 0.29) is 10.6 Å². The molecule has 16 heavy (non-hydrogen) atoms. The number of benzene rings is 1. The third-order valence-electron chi connectivity index (χ3n) is 2.20. The predicted octanol–water partition coefficient (Wildman–Crippen LogP) is 2.12. The van der Waals surface area contributed by atoms with Gasteiger partial charge in [-0.2, -0.15) is 0 Å². The number of rotatable bonds is 5. The minimum Gasteiger partial charge on any atom is -0.379 e. The van der Waals surface area contributed by atoms with Gasteiger partial charge in [0, 0.05) is 19.2 Å². The van der Waals surface area contributed by atoms with Crippen LogP contribution in [0.2, 0.25) is 0 Å². The highest BCUT2D eigenvalue weighted by Gasteiger charge is 2.13. The van der Waals surface area contributed by atoms with E-state index in [1.54, 1.807) is 12.1 Å². The zero-order valence-electron chi connectivity index (χ0n) is 9.56. The second-order valence-electron chi connectivity index (χ2n) is 4.09. The van der Waals surface area contributed by atoms with Crippen LogP contribution in [0.5, 0.6) is 0 Å². The van der Waals surface area contributed by atoms with Crippen molar-refractivity contribution in [1.29, 1.82) is 0 Å². The van der Waals surface area contributed by atoms with E-state index >= 15 is 0 Å². The smallest absolute Gasteiger partial charge is 0.292 e. The first-order valence-corrected chi connectivity index (χ1v) is 5.26. The first kappa shape index (κ1) is 12.4. The molecule has 1 aromatic carbocycles. The van der Waals surface area contributed by atoms with Crippen molar-refractivity contribution in [1.82, 2.24) is 0 Å². The highest BCUT2D eigenvalue weighted by atomic mass is 16.6. The summed E-state index contributed by atoms with van der Waals surface area (Å²) < 4.78 is 0. The zero-order valence-corrected chi connectivity index (χ0v) is 9.56. The van der Waals surface area contributed by atoms with Crippen LogP contribution in [0.3, 0.4) is 0 Å². The first-order valence-electron chi connectivity index (χ1n) is 5.26. The number of nitrogens with zero attached hydrogens (tertiary/aromatic N) is 1. The topological polar surface area (TPSA) is 81.2 Å². The van der Waals surface area contributed by atoms with Gasteiger partial charge in [-0.05, 0) is 17.5 Å². The molecule has 5 heteroatoms. The van der Waals surface area contributed by atoms with Gasteiger partial charge < -0.3 is 11.1 Å². The molecule has 0 atom stereocenters. The first-order chi connectivity index (χ1) is 7.54. The van der Waals surface area contributed by atoms with Crippen molar-refractivity contribution in [3.8, 4) is 0 Å². The molecule has 0 saturated heterocycles. The molecule has 1 rings (SSSR count). The maximum absolute atomic E-state index is 10.9. The average molecular weight is 223 g/mol. The Balaban J connectivity index is 2.94. The van der Waals surface area contributed by atoms with Gasteiger partial charge in [-0.3, -0.25) is 10.1 Å². The minimum absolute atomic E-state index is 0.0867. The molecular formula is C11H17N3O2. The van der Waals surface area contributed by atoms with Crippen LogP contribution in [0.4, 0.5) is 11.4 Å². The Labute approximate surface area is 94.8 Å². The summed E-state index contributed by atoms with van der Waals surface area (Å²) in [6, 6.07) is 5.03. The molecule has 0 heterocycles. The summed E-state index contributed by atoms with van der Waals surface area (Å²) in [4.78, 5) is 10.5. The van der Waals surface area contributed by atoms with E-state index in [0.29, 0.717) is 24.7 Å². The molecule has 0 aliphatic heterocycles. The van der Waals surface area contributed by atoms with Gasteiger partial charge in [-0.1, -0.05) is 19.9 Å². The Hall–Kier alpha value is -1.62. The van der Waals surface area contributed by atoms with Gasteiger partial charge in [0.2, 0.25) is 0 Å². The van der Waals surface area contributed by atoms with Gasteiger partial charge >= 0.3 is 0 Å². The summed E-state index contributed by atoms with van der Waals surface area (Å²) in [6.07, 6.45) is 0. The Morgan fingerprint density at radius 3 is 2.69 bits per heavy atom. The van der Waals surface area contributed by atoms with Crippen LogP contribution in [0.15, 0.2) is 18.2 Å². The SMILES string of the molecule is CC(C)CNc1ccc(CN)cc1[N+](=O)[O-]. The van der Waals surface area contributed by atoms with Gasteiger partial charge in [-0.25, -0.2) is 0 Å².